The smallest absolute Gasteiger partial charge is 0.0540 e. The molecule has 0 saturated carbocycles. The van der Waals surface area contributed by atoms with E-state index in [2.05, 4.69) is 27.7 Å². The quantitative estimate of drug-likeness (QED) is 0.612. The fourth-order valence-corrected chi connectivity index (χ4v) is 1.69. The van der Waals surface area contributed by atoms with E-state index in [0.717, 1.165) is 19.3 Å². The third kappa shape index (κ3) is 10.0. The van der Waals surface area contributed by atoms with Crippen molar-refractivity contribution in [3.63, 3.8) is 0 Å². The zero-order valence-corrected chi connectivity index (χ0v) is 10.5. The van der Waals surface area contributed by atoms with E-state index in [9.17, 15) is 5.11 Å². The van der Waals surface area contributed by atoms with E-state index in [1.165, 1.54) is 25.7 Å². The van der Waals surface area contributed by atoms with Gasteiger partial charge in [-0.25, -0.2) is 0 Å². The van der Waals surface area contributed by atoms with Crippen molar-refractivity contribution >= 4 is 0 Å². The van der Waals surface area contributed by atoms with Crippen LogP contribution in [0.1, 0.15) is 72.6 Å². The number of hydrogen-bond acceptors (Lipinski definition) is 1. The molecule has 0 aromatic heterocycles. The first-order chi connectivity index (χ1) is 6.45. The molecule has 0 rings (SSSR count). The minimum atomic E-state index is -0.0466. The Hall–Kier alpha value is -0.0400. The zero-order chi connectivity index (χ0) is 11.0. The Morgan fingerprint density at radius 3 is 2.14 bits per heavy atom. The fourth-order valence-electron chi connectivity index (χ4n) is 1.69. The SMILES string of the molecule is CCC[C@@H](O)CCCCCC(C)(C)C. The van der Waals surface area contributed by atoms with Crippen LogP contribution >= 0.6 is 0 Å². The summed E-state index contributed by atoms with van der Waals surface area (Å²) in [4.78, 5) is 0. The van der Waals surface area contributed by atoms with Gasteiger partial charge < -0.3 is 5.11 Å². The summed E-state index contributed by atoms with van der Waals surface area (Å²) >= 11 is 0. The second kappa shape index (κ2) is 7.28. The Balaban J connectivity index is 3.21. The van der Waals surface area contributed by atoms with E-state index in [-0.39, 0.29) is 6.10 Å². The Kier molecular flexibility index (Phi) is 7.26. The first kappa shape index (κ1) is 14.0. The van der Waals surface area contributed by atoms with Gasteiger partial charge >= 0.3 is 0 Å². The molecule has 0 aromatic carbocycles. The molecule has 0 bridgehead atoms. The van der Waals surface area contributed by atoms with E-state index in [0.29, 0.717) is 5.41 Å². The second-order valence-corrected chi connectivity index (χ2v) is 5.60. The molecule has 0 amide bonds. The lowest BCUT2D eigenvalue weighted by atomic mass is 9.89. The van der Waals surface area contributed by atoms with Gasteiger partial charge in [-0.3, -0.25) is 0 Å². The van der Waals surface area contributed by atoms with Gasteiger partial charge in [-0.2, -0.15) is 0 Å². The second-order valence-electron chi connectivity index (χ2n) is 5.60. The van der Waals surface area contributed by atoms with Crippen LogP contribution in [0.4, 0.5) is 0 Å². The Bertz CT molecular complexity index is 124. The maximum absolute atomic E-state index is 9.51. The predicted octanol–water partition coefficient (Wildman–Crippen LogP) is 4.14. The van der Waals surface area contributed by atoms with E-state index in [1.54, 1.807) is 0 Å². The monoisotopic (exact) mass is 200 g/mol. The summed E-state index contributed by atoms with van der Waals surface area (Å²) in [6.07, 6.45) is 8.10. The molecular formula is C13H28O. The lowest BCUT2D eigenvalue weighted by Gasteiger charge is -2.17. The van der Waals surface area contributed by atoms with Crippen molar-refractivity contribution in [2.24, 2.45) is 5.41 Å². The minimum absolute atomic E-state index is 0.0466. The number of unbranched alkanes of at least 4 members (excludes halogenated alkanes) is 2. The van der Waals surface area contributed by atoms with E-state index in [1.807, 2.05) is 0 Å². The standard InChI is InChI=1S/C13H28O/c1-5-9-12(14)10-7-6-8-11-13(2,3)4/h12,14H,5-11H2,1-4H3/t12-/m1/s1. The average molecular weight is 200 g/mol. The van der Waals surface area contributed by atoms with Crippen molar-refractivity contribution in [1.29, 1.82) is 0 Å². The van der Waals surface area contributed by atoms with Crippen LogP contribution in [0.2, 0.25) is 0 Å². The van der Waals surface area contributed by atoms with Gasteiger partial charge in [-0.05, 0) is 24.7 Å². The van der Waals surface area contributed by atoms with Gasteiger partial charge in [-0.1, -0.05) is 53.4 Å². The van der Waals surface area contributed by atoms with Gasteiger partial charge in [0.15, 0.2) is 0 Å². The molecule has 0 saturated heterocycles. The number of rotatable bonds is 7. The molecule has 0 fully saturated rings. The highest BCUT2D eigenvalue weighted by atomic mass is 16.3. The summed E-state index contributed by atoms with van der Waals surface area (Å²) in [6, 6.07) is 0. The van der Waals surface area contributed by atoms with Crippen LogP contribution in [0.5, 0.6) is 0 Å². The third-order valence-electron chi connectivity index (χ3n) is 2.59. The van der Waals surface area contributed by atoms with Crippen molar-refractivity contribution < 1.29 is 5.11 Å². The number of aliphatic hydroxyl groups is 1. The molecule has 0 spiro atoms. The van der Waals surface area contributed by atoms with E-state index >= 15 is 0 Å². The summed E-state index contributed by atoms with van der Waals surface area (Å²) in [5.74, 6) is 0. The van der Waals surface area contributed by atoms with E-state index < -0.39 is 0 Å². The molecule has 1 nitrogen and oxygen atoms in total. The highest BCUT2D eigenvalue weighted by molar-refractivity contribution is 4.62. The molecule has 86 valence electrons. The van der Waals surface area contributed by atoms with Crippen molar-refractivity contribution in [3.8, 4) is 0 Å². The molecule has 0 unspecified atom stereocenters. The molecule has 1 atom stereocenters. The fraction of sp³-hybridized carbons (Fsp3) is 1.00. The molecule has 0 heterocycles. The van der Waals surface area contributed by atoms with Crippen molar-refractivity contribution in [2.45, 2.75) is 78.7 Å². The van der Waals surface area contributed by atoms with Crippen LogP contribution in [-0.4, -0.2) is 11.2 Å². The summed E-state index contributed by atoms with van der Waals surface area (Å²) < 4.78 is 0. The van der Waals surface area contributed by atoms with Crippen LogP contribution < -0.4 is 0 Å². The van der Waals surface area contributed by atoms with Crippen LogP contribution in [-0.2, 0) is 0 Å². The van der Waals surface area contributed by atoms with Gasteiger partial charge in [0.1, 0.15) is 0 Å². The topological polar surface area (TPSA) is 20.2 Å². The van der Waals surface area contributed by atoms with Crippen LogP contribution in [0.3, 0.4) is 0 Å². The molecule has 0 aliphatic carbocycles. The zero-order valence-electron chi connectivity index (χ0n) is 10.5. The number of hydrogen-bond donors (Lipinski definition) is 1. The summed E-state index contributed by atoms with van der Waals surface area (Å²) in [7, 11) is 0. The Morgan fingerprint density at radius 2 is 1.64 bits per heavy atom. The lowest BCUT2D eigenvalue weighted by Crippen LogP contribution is -2.06. The van der Waals surface area contributed by atoms with E-state index in [4.69, 9.17) is 0 Å². The van der Waals surface area contributed by atoms with Crippen LogP contribution in [0.15, 0.2) is 0 Å². The molecular weight excluding hydrogens is 172 g/mol. The Morgan fingerprint density at radius 1 is 1.00 bits per heavy atom. The summed E-state index contributed by atoms with van der Waals surface area (Å²) in [5.41, 5.74) is 0.474. The van der Waals surface area contributed by atoms with Crippen molar-refractivity contribution in [1.82, 2.24) is 0 Å². The van der Waals surface area contributed by atoms with Gasteiger partial charge in [-0.15, -0.1) is 0 Å². The third-order valence-corrected chi connectivity index (χ3v) is 2.59. The molecule has 1 N–H and O–H groups in total. The summed E-state index contributed by atoms with van der Waals surface area (Å²) in [5, 5.41) is 9.51. The van der Waals surface area contributed by atoms with Gasteiger partial charge in [0.05, 0.1) is 6.10 Å². The Labute approximate surface area is 89.9 Å². The maximum atomic E-state index is 9.51. The predicted molar refractivity (Wildman–Crippen MR) is 63.5 cm³/mol. The van der Waals surface area contributed by atoms with Gasteiger partial charge in [0.25, 0.3) is 0 Å². The van der Waals surface area contributed by atoms with Crippen molar-refractivity contribution in [2.75, 3.05) is 0 Å². The first-order valence-electron chi connectivity index (χ1n) is 6.14. The molecule has 0 aliphatic rings. The number of aliphatic hydroxyl groups excluding tert-OH is 1. The molecule has 0 aliphatic heterocycles. The van der Waals surface area contributed by atoms with Crippen molar-refractivity contribution in [3.05, 3.63) is 0 Å². The van der Waals surface area contributed by atoms with Gasteiger partial charge in [0.2, 0.25) is 0 Å². The first-order valence-corrected chi connectivity index (χ1v) is 6.14. The average Bonchev–Trinajstić information content (AvgIpc) is 2.02. The van der Waals surface area contributed by atoms with Gasteiger partial charge in [0, 0.05) is 0 Å². The highest BCUT2D eigenvalue weighted by Crippen LogP contribution is 2.22. The molecule has 14 heavy (non-hydrogen) atoms. The minimum Gasteiger partial charge on any atom is -0.393 e. The van der Waals surface area contributed by atoms with Crippen LogP contribution in [0, 0.1) is 5.41 Å². The largest absolute Gasteiger partial charge is 0.393 e. The normalized spacial score (nSPS) is 14.4. The summed E-state index contributed by atoms with van der Waals surface area (Å²) in [6.45, 7) is 9.00. The highest BCUT2D eigenvalue weighted by Gasteiger charge is 2.09. The molecule has 1 heteroatoms. The molecule has 0 radical (unpaired) electrons. The maximum Gasteiger partial charge on any atom is 0.0540 e. The lowest BCUT2D eigenvalue weighted by molar-refractivity contribution is 0.149. The van der Waals surface area contributed by atoms with Crippen LogP contribution in [0.25, 0.3) is 0 Å². The molecule has 0 aromatic rings.